The highest BCUT2D eigenvalue weighted by Gasteiger charge is 2.19. The van der Waals surface area contributed by atoms with Gasteiger partial charge in [-0.05, 0) is 42.5 Å². The van der Waals surface area contributed by atoms with Crippen LogP contribution in [-0.2, 0) is 10.0 Å². The average molecular weight is 424 g/mol. The molecular weight excluding hydrogens is 408 g/mol. The van der Waals surface area contributed by atoms with Crippen LogP contribution in [0.3, 0.4) is 0 Å². The molecule has 0 radical (unpaired) electrons. The highest BCUT2D eigenvalue weighted by Crippen LogP contribution is 2.32. The molecule has 0 saturated heterocycles. The van der Waals surface area contributed by atoms with Gasteiger partial charge in [0.15, 0.2) is 0 Å². The van der Waals surface area contributed by atoms with Gasteiger partial charge in [-0.3, -0.25) is 14.8 Å². The molecule has 2 aromatic heterocycles. The van der Waals surface area contributed by atoms with Gasteiger partial charge in [-0.25, -0.2) is 13.4 Å². The first-order valence-electron chi connectivity index (χ1n) is 8.77. The molecular formula is C20H16N4O5S. The smallest absolute Gasteiger partial charge is 0.269 e. The fourth-order valence-corrected chi connectivity index (χ4v) is 4.03. The lowest BCUT2D eigenvalue weighted by atomic mass is 10.1. The lowest BCUT2D eigenvalue weighted by Crippen LogP contribution is -2.13. The molecule has 10 heteroatoms. The number of sulfonamides is 1. The zero-order valence-corrected chi connectivity index (χ0v) is 16.5. The number of fused-ring (bicyclic) bond motifs is 1. The number of nitro benzene ring substituents is 1. The van der Waals surface area contributed by atoms with Gasteiger partial charge in [0.25, 0.3) is 15.7 Å². The summed E-state index contributed by atoms with van der Waals surface area (Å²) in [6, 6.07) is 15.3. The highest BCUT2D eigenvalue weighted by atomic mass is 32.2. The largest absolute Gasteiger partial charge is 0.495 e. The Morgan fingerprint density at radius 3 is 2.53 bits per heavy atom. The van der Waals surface area contributed by atoms with Crippen molar-refractivity contribution in [3.63, 3.8) is 0 Å². The molecule has 2 heterocycles. The summed E-state index contributed by atoms with van der Waals surface area (Å²) < 4.78 is 35.2. The third-order valence-corrected chi connectivity index (χ3v) is 5.84. The number of pyridine rings is 1. The Morgan fingerprint density at radius 1 is 1.10 bits per heavy atom. The number of anilines is 1. The predicted octanol–water partition coefficient (Wildman–Crippen LogP) is 3.72. The van der Waals surface area contributed by atoms with Crippen molar-refractivity contribution in [2.75, 3.05) is 11.8 Å². The minimum atomic E-state index is -3.99. The maximum atomic E-state index is 12.8. The number of ether oxygens (including phenoxy) is 1. The predicted molar refractivity (Wildman–Crippen MR) is 111 cm³/mol. The van der Waals surface area contributed by atoms with Crippen molar-refractivity contribution in [2.24, 2.45) is 0 Å². The molecule has 30 heavy (non-hydrogen) atoms. The Balaban J connectivity index is 1.70. The van der Waals surface area contributed by atoms with Crippen LogP contribution >= 0.6 is 0 Å². The van der Waals surface area contributed by atoms with Gasteiger partial charge >= 0.3 is 0 Å². The summed E-state index contributed by atoms with van der Waals surface area (Å²) in [6.45, 7) is 0. The van der Waals surface area contributed by atoms with Crippen LogP contribution in [0.1, 0.15) is 0 Å². The molecule has 0 unspecified atom stereocenters. The Morgan fingerprint density at radius 2 is 1.87 bits per heavy atom. The molecule has 0 amide bonds. The zero-order valence-electron chi connectivity index (χ0n) is 15.7. The zero-order chi connectivity index (χ0) is 21.3. The van der Waals surface area contributed by atoms with Crippen LogP contribution in [0.15, 0.2) is 78.0 Å². The Kier molecular flexibility index (Phi) is 4.84. The Bertz CT molecular complexity index is 1310. The fraction of sp³-hybridized carbons (Fsp3) is 0.0500. The van der Waals surface area contributed by atoms with Crippen molar-refractivity contribution < 1.29 is 18.1 Å². The van der Waals surface area contributed by atoms with Gasteiger partial charge in [-0.2, -0.15) is 0 Å². The lowest BCUT2D eigenvalue weighted by molar-refractivity contribution is -0.384. The average Bonchev–Trinajstić information content (AvgIpc) is 3.18. The molecule has 4 rings (SSSR count). The van der Waals surface area contributed by atoms with E-state index in [9.17, 15) is 18.5 Å². The topological polar surface area (TPSA) is 116 Å². The monoisotopic (exact) mass is 424 g/mol. The van der Waals surface area contributed by atoms with Crippen LogP contribution in [0, 0.1) is 10.1 Å². The first-order valence-corrected chi connectivity index (χ1v) is 10.2. The molecule has 0 fully saturated rings. The molecule has 0 aliphatic heterocycles. The van der Waals surface area contributed by atoms with E-state index in [0.717, 1.165) is 17.8 Å². The SMILES string of the molecule is COc1ccc(-c2cn3ccccc3n2)cc1NS(=O)(=O)c1ccc([N+](=O)[O-])cc1. The van der Waals surface area contributed by atoms with Gasteiger partial charge in [0.05, 0.1) is 28.3 Å². The van der Waals surface area contributed by atoms with Crippen LogP contribution in [0.25, 0.3) is 16.9 Å². The molecule has 0 aliphatic carbocycles. The molecule has 152 valence electrons. The summed E-state index contributed by atoms with van der Waals surface area (Å²) in [6.07, 6.45) is 3.71. The van der Waals surface area contributed by atoms with Gasteiger partial charge in [-0.15, -0.1) is 0 Å². The molecule has 0 bridgehead atoms. The molecule has 0 aliphatic rings. The van der Waals surface area contributed by atoms with Gasteiger partial charge in [0.1, 0.15) is 11.4 Å². The molecule has 9 nitrogen and oxygen atoms in total. The number of methoxy groups -OCH3 is 1. The van der Waals surface area contributed by atoms with E-state index < -0.39 is 14.9 Å². The number of rotatable bonds is 6. The van der Waals surface area contributed by atoms with Gasteiger partial charge in [-0.1, -0.05) is 6.07 Å². The highest BCUT2D eigenvalue weighted by molar-refractivity contribution is 7.92. The first kappa shape index (κ1) is 19.4. The summed E-state index contributed by atoms with van der Waals surface area (Å²) in [4.78, 5) is 14.6. The van der Waals surface area contributed by atoms with E-state index in [0.29, 0.717) is 17.0 Å². The van der Waals surface area contributed by atoms with Crippen molar-refractivity contribution in [3.8, 4) is 17.0 Å². The maximum Gasteiger partial charge on any atom is 0.269 e. The Labute approximate surface area is 171 Å². The Hall–Kier alpha value is -3.92. The molecule has 4 aromatic rings. The third-order valence-electron chi connectivity index (χ3n) is 4.46. The van der Waals surface area contributed by atoms with Crippen molar-refractivity contribution in [2.45, 2.75) is 4.90 Å². The number of hydrogen-bond acceptors (Lipinski definition) is 6. The van der Waals surface area contributed by atoms with E-state index in [1.165, 1.54) is 19.2 Å². The molecule has 1 N–H and O–H groups in total. The van der Waals surface area contributed by atoms with Crippen LogP contribution in [-0.4, -0.2) is 29.8 Å². The number of benzene rings is 2. The standard InChI is InChI=1S/C20H16N4O5S/c1-29-19-10-5-14(18-13-23-11-3-2-4-20(23)21-18)12-17(19)22-30(27,28)16-8-6-15(7-9-16)24(25)26/h2-13,22H,1H3. The van der Waals surface area contributed by atoms with Crippen molar-refractivity contribution in [1.29, 1.82) is 0 Å². The number of aromatic nitrogens is 2. The van der Waals surface area contributed by atoms with Crippen LogP contribution in [0.4, 0.5) is 11.4 Å². The third kappa shape index (κ3) is 3.67. The number of nitrogens with zero attached hydrogens (tertiary/aromatic N) is 3. The van der Waals surface area contributed by atoms with E-state index >= 15 is 0 Å². The number of imidazole rings is 1. The van der Waals surface area contributed by atoms with Crippen molar-refractivity contribution in [1.82, 2.24) is 9.38 Å². The molecule has 2 aromatic carbocycles. The second kappa shape index (κ2) is 7.48. The normalized spacial score (nSPS) is 11.4. The second-order valence-corrected chi connectivity index (χ2v) is 8.05. The van der Waals surface area contributed by atoms with E-state index in [4.69, 9.17) is 4.74 Å². The lowest BCUT2D eigenvalue weighted by Gasteiger charge is -2.13. The number of non-ortho nitro benzene ring substituents is 1. The van der Waals surface area contributed by atoms with Crippen molar-refractivity contribution in [3.05, 3.63) is 83.2 Å². The molecule has 0 saturated carbocycles. The fourth-order valence-electron chi connectivity index (χ4n) is 2.97. The number of nitrogens with one attached hydrogen (secondary N) is 1. The quantitative estimate of drug-likeness (QED) is 0.372. The molecule has 0 atom stereocenters. The number of hydrogen-bond donors (Lipinski definition) is 1. The van der Waals surface area contributed by atoms with Crippen LogP contribution in [0.2, 0.25) is 0 Å². The number of nitro groups is 1. The second-order valence-electron chi connectivity index (χ2n) is 6.36. The van der Waals surface area contributed by atoms with E-state index in [-0.39, 0.29) is 16.3 Å². The molecule has 0 spiro atoms. The summed E-state index contributed by atoms with van der Waals surface area (Å²) >= 11 is 0. The van der Waals surface area contributed by atoms with E-state index in [1.54, 1.807) is 18.2 Å². The van der Waals surface area contributed by atoms with Crippen molar-refractivity contribution >= 4 is 27.0 Å². The van der Waals surface area contributed by atoms with E-state index in [2.05, 4.69) is 9.71 Å². The van der Waals surface area contributed by atoms with Gasteiger partial charge < -0.3 is 9.14 Å². The minimum Gasteiger partial charge on any atom is -0.495 e. The van der Waals surface area contributed by atoms with Crippen LogP contribution in [0.5, 0.6) is 5.75 Å². The minimum absolute atomic E-state index is 0.103. The summed E-state index contributed by atoms with van der Waals surface area (Å²) in [5.74, 6) is 0.327. The maximum absolute atomic E-state index is 12.8. The summed E-state index contributed by atoms with van der Waals surface area (Å²) in [5.41, 5.74) is 2.16. The summed E-state index contributed by atoms with van der Waals surface area (Å²) in [5, 5.41) is 10.8. The van der Waals surface area contributed by atoms with Crippen LogP contribution < -0.4 is 9.46 Å². The first-order chi connectivity index (χ1) is 14.4. The van der Waals surface area contributed by atoms with Gasteiger partial charge in [0, 0.05) is 30.1 Å². The van der Waals surface area contributed by atoms with Gasteiger partial charge in [0.2, 0.25) is 0 Å². The summed E-state index contributed by atoms with van der Waals surface area (Å²) in [7, 11) is -2.56. The van der Waals surface area contributed by atoms with E-state index in [1.807, 2.05) is 35.0 Å².